The van der Waals surface area contributed by atoms with Gasteiger partial charge in [0.15, 0.2) is 0 Å². The zero-order chi connectivity index (χ0) is 12.8. The molecule has 1 unspecified atom stereocenters. The molecule has 1 aliphatic rings. The fourth-order valence-corrected chi connectivity index (χ4v) is 2.18. The van der Waals surface area contributed by atoms with E-state index in [-0.39, 0.29) is 18.5 Å². The standard InChI is InChI=1S/C11H19ClN3O2/c1-3-5-7-9(6-4-2)14-8-10(16)13-11(17)15(14)12/h9H,1,3-8H2,2H3,(H,13,16,17). The molecule has 0 aromatic carbocycles. The van der Waals surface area contributed by atoms with Gasteiger partial charge in [-0.3, -0.25) is 10.1 Å². The van der Waals surface area contributed by atoms with Crippen LogP contribution in [0, 0.1) is 6.92 Å². The maximum Gasteiger partial charge on any atom is 0.353 e. The lowest BCUT2D eigenvalue weighted by Crippen LogP contribution is -2.60. The molecule has 0 aliphatic carbocycles. The Morgan fingerprint density at radius 2 is 2.18 bits per heavy atom. The molecule has 1 radical (unpaired) electrons. The van der Waals surface area contributed by atoms with Crippen LogP contribution in [0.3, 0.4) is 0 Å². The van der Waals surface area contributed by atoms with E-state index in [4.69, 9.17) is 11.8 Å². The van der Waals surface area contributed by atoms with Gasteiger partial charge < -0.3 is 0 Å². The predicted octanol–water partition coefficient (Wildman–Crippen LogP) is 2.08. The summed E-state index contributed by atoms with van der Waals surface area (Å²) in [7, 11) is 0. The molecular formula is C11H19ClN3O2. The number of hydrogen-bond donors (Lipinski definition) is 1. The molecular weight excluding hydrogens is 242 g/mol. The first-order valence-electron chi connectivity index (χ1n) is 5.95. The van der Waals surface area contributed by atoms with Gasteiger partial charge in [0.25, 0.3) is 0 Å². The molecule has 1 atom stereocenters. The van der Waals surface area contributed by atoms with E-state index in [1.54, 1.807) is 5.01 Å². The molecule has 0 aromatic rings. The van der Waals surface area contributed by atoms with Crippen LogP contribution in [-0.2, 0) is 4.79 Å². The second-order valence-electron chi connectivity index (χ2n) is 4.15. The monoisotopic (exact) mass is 260 g/mol. The topological polar surface area (TPSA) is 52.7 Å². The summed E-state index contributed by atoms with van der Waals surface area (Å²) in [5.41, 5.74) is 0. The highest BCUT2D eigenvalue weighted by Gasteiger charge is 2.33. The quantitative estimate of drug-likeness (QED) is 0.744. The van der Waals surface area contributed by atoms with Crippen LogP contribution < -0.4 is 5.32 Å². The van der Waals surface area contributed by atoms with Crippen LogP contribution in [0.4, 0.5) is 4.79 Å². The van der Waals surface area contributed by atoms with E-state index in [9.17, 15) is 9.59 Å². The van der Waals surface area contributed by atoms with Crippen molar-refractivity contribution >= 4 is 23.7 Å². The van der Waals surface area contributed by atoms with Crippen molar-refractivity contribution in [3.8, 4) is 0 Å². The first kappa shape index (κ1) is 14.3. The van der Waals surface area contributed by atoms with Crippen LogP contribution in [0.1, 0.15) is 39.0 Å². The highest BCUT2D eigenvalue weighted by molar-refractivity contribution is 6.22. The van der Waals surface area contributed by atoms with Crippen LogP contribution in [0.2, 0.25) is 0 Å². The number of hydrazine groups is 1. The number of hydrogen-bond acceptors (Lipinski definition) is 3. The Balaban J connectivity index is 2.69. The maximum absolute atomic E-state index is 11.4. The van der Waals surface area contributed by atoms with Crippen LogP contribution in [0.15, 0.2) is 0 Å². The molecule has 0 bridgehead atoms. The molecule has 1 aliphatic heterocycles. The Morgan fingerprint density at radius 3 is 2.76 bits per heavy atom. The lowest BCUT2D eigenvalue weighted by molar-refractivity contribution is -0.128. The third kappa shape index (κ3) is 3.85. The Bertz CT molecular complexity index is 286. The summed E-state index contributed by atoms with van der Waals surface area (Å²) in [6.07, 6.45) is 4.59. The predicted molar refractivity (Wildman–Crippen MR) is 65.8 cm³/mol. The Labute approximate surface area is 107 Å². The molecule has 1 rings (SSSR count). The van der Waals surface area contributed by atoms with Crippen molar-refractivity contribution in [2.45, 2.75) is 45.1 Å². The third-order valence-electron chi connectivity index (χ3n) is 2.78. The van der Waals surface area contributed by atoms with E-state index >= 15 is 0 Å². The van der Waals surface area contributed by atoms with Crippen molar-refractivity contribution < 1.29 is 9.59 Å². The first-order valence-corrected chi connectivity index (χ1v) is 6.29. The minimum Gasteiger partial charge on any atom is -0.275 e. The molecule has 17 heavy (non-hydrogen) atoms. The summed E-state index contributed by atoms with van der Waals surface area (Å²) in [5.74, 6) is -0.303. The summed E-state index contributed by atoms with van der Waals surface area (Å²) in [6, 6.07) is -0.451. The molecule has 3 amide bonds. The minimum absolute atomic E-state index is 0.120. The molecule has 1 heterocycles. The van der Waals surface area contributed by atoms with E-state index < -0.39 is 6.03 Å². The Hall–Kier alpha value is -0.810. The average Bonchev–Trinajstić information content (AvgIpc) is 2.29. The molecule has 1 saturated heterocycles. The molecule has 0 aromatic heterocycles. The number of unbranched alkanes of at least 4 members (excludes halogenated alkanes) is 1. The van der Waals surface area contributed by atoms with E-state index in [1.807, 2.05) is 0 Å². The van der Waals surface area contributed by atoms with Gasteiger partial charge in [0, 0.05) is 17.8 Å². The smallest absolute Gasteiger partial charge is 0.275 e. The van der Waals surface area contributed by atoms with Crippen LogP contribution in [-0.4, -0.2) is 34.1 Å². The molecule has 0 saturated carbocycles. The van der Waals surface area contributed by atoms with E-state index in [0.717, 1.165) is 36.6 Å². The number of halogens is 1. The SMILES string of the molecule is [CH2]CCCC(CCC)N1CC(=O)NC(=O)N1Cl. The summed E-state index contributed by atoms with van der Waals surface area (Å²) < 4.78 is 0.991. The van der Waals surface area contributed by atoms with Crippen molar-refractivity contribution in [3.63, 3.8) is 0 Å². The van der Waals surface area contributed by atoms with Gasteiger partial charge in [-0.2, -0.15) is 9.54 Å². The van der Waals surface area contributed by atoms with Crippen LogP contribution >= 0.6 is 11.8 Å². The lowest BCUT2D eigenvalue weighted by atomic mass is 10.0. The van der Waals surface area contributed by atoms with E-state index in [1.165, 1.54) is 0 Å². The van der Waals surface area contributed by atoms with Gasteiger partial charge in [-0.05, 0) is 12.8 Å². The molecule has 97 valence electrons. The van der Waals surface area contributed by atoms with Crippen molar-refractivity contribution in [1.29, 1.82) is 0 Å². The van der Waals surface area contributed by atoms with Gasteiger partial charge in [-0.1, -0.05) is 33.1 Å². The molecule has 1 fully saturated rings. The number of urea groups is 1. The molecule has 0 spiro atoms. The summed E-state index contributed by atoms with van der Waals surface area (Å²) in [5, 5.41) is 3.81. The third-order valence-corrected chi connectivity index (χ3v) is 3.12. The number of carbonyl (C=O) groups excluding carboxylic acids is 2. The second-order valence-corrected chi connectivity index (χ2v) is 4.47. The number of nitrogens with zero attached hydrogens (tertiary/aromatic N) is 2. The summed E-state index contributed by atoms with van der Waals surface area (Å²) in [6.45, 7) is 6.01. The van der Waals surface area contributed by atoms with Crippen LogP contribution in [0.5, 0.6) is 0 Å². The van der Waals surface area contributed by atoms with Gasteiger partial charge in [-0.25, -0.2) is 4.79 Å². The van der Waals surface area contributed by atoms with Gasteiger partial charge in [0.2, 0.25) is 5.91 Å². The number of amides is 3. The number of nitrogens with one attached hydrogen (secondary N) is 1. The van der Waals surface area contributed by atoms with Crippen molar-refractivity contribution in [3.05, 3.63) is 6.92 Å². The average molecular weight is 261 g/mol. The van der Waals surface area contributed by atoms with Crippen molar-refractivity contribution in [1.82, 2.24) is 14.9 Å². The zero-order valence-corrected chi connectivity index (χ0v) is 10.9. The van der Waals surface area contributed by atoms with Gasteiger partial charge in [0.1, 0.15) is 0 Å². The fourth-order valence-electron chi connectivity index (χ4n) is 1.96. The Kier molecular flexibility index (Phi) is 5.71. The first-order chi connectivity index (χ1) is 8.10. The lowest BCUT2D eigenvalue weighted by Gasteiger charge is -2.38. The number of carbonyl (C=O) groups is 2. The normalized spacial score (nSPS) is 19.4. The van der Waals surface area contributed by atoms with Gasteiger partial charge in [-0.15, -0.1) is 0 Å². The summed E-state index contributed by atoms with van der Waals surface area (Å²) in [4.78, 5) is 22.7. The van der Waals surface area contributed by atoms with Crippen LogP contribution in [0.25, 0.3) is 0 Å². The van der Waals surface area contributed by atoms with E-state index in [0.29, 0.717) is 0 Å². The largest absolute Gasteiger partial charge is 0.353 e. The maximum atomic E-state index is 11.4. The van der Waals surface area contributed by atoms with E-state index in [2.05, 4.69) is 19.2 Å². The second kappa shape index (κ2) is 6.81. The number of imide groups is 1. The molecule has 5 nitrogen and oxygen atoms in total. The number of rotatable bonds is 6. The Morgan fingerprint density at radius 1 is 1.47 bits per heavy atom. The van der Waals surface area contributed by atoms with Crippen molar-refractivity contribution in [2.24, 2.45) is 0 Å². The molecule has 1 N–H and O–H groups in total. The van der Waals surface area contributed by atoms with Gasteiger partial charge in [0.05, 0.1) is 6.54 Å². The van der Waals surface area contributed by atoms with Crippen molar-refractivity contribution in [2.75, 3.05) is 6.54 Å². The highest BCUT2D eigenvalue weighted by atomic mass is 35.5. The zero-order valence-electron chi connectivity index (χ0n) is 10.1. The highest BCUT2D eigenvalue weighted by Crippen LogP contribution is 2.20. The van der Waals surface area contributed by atoms with Gasteiger partial charge >= 0.3 is 6.03 Å². The summed E-state index contributed by atoms with van der Waals surface area (Å²) >= 11 is 5.89. The molecule has 6 heteroatoms. The fraction of sp³-hybridized carbons (Fsp3) is 0.727. The minimum atomic E-state index is -0.571.